The summed E-state index contributed by atoms with van der Waals surface area (Å²) in [7, 11) is -2.94. The van der Waals surface area contributed by atoms with Crippen molar-refractivity contribution >= 4 is 27.7 Å². The molecule has 2 rings (SSSR count). The van der Waals surface area contributed by atoms with Crippen LogP contribution in [0, 0.1) is 0 Å². The number of nitrogens with zero attached hydrogens (tertiary/aromatic N) is 1. The zero-order valence-corrected chi connectivity index (χ0v) is 11.5. The topological polar surface area (TPSA) is 119 Å². The molecule has 0 amide bonds. The maximum absolute atomic E-state index is 11.8. The Balaban J connectivity index is 2.25. The predicted octanol–water partition coefficient (Wildman–Crippen LogP) is 0.353. The molecule has 1 aromatic rings. The molecule has 1 aliphatic heterocycles. The van der Waals surface area contributed by atoms with Gasteiger partial charge in [-0.2, -0.15) is 12.8 Å². The van der Waals surface area contributed by atoms with Crippen LogP contribution in [0.1, 0.15) is 0 Å². The molecule has 0 spiro atoms. The van der Waals surface area contributed by atoms with Crippen molar-refractivity contribution in [3.63, 3.8) is 0 Å². The Morgan fingerprint density at radius 1 is 1.24 bits per heavy atom. The Labute approximate surface area is 119 Å². The first-order chi connectivity index (χ1) is 9.83. The van der Waals surface area contributed by atoms with Crippen LogP contribution in [0.4, 0.5) is 0 Å². The predicted molar refractivity (Wildman–Crippen MR) is 70.7 cm³/mol. The minimum atomic E-state index is -4.35. The molecule has 0 saturated carbocycles. The summed E-state index contributed by atoms with van der Waals surface area (Å²) in [5, 5.41) is 8.69. The van der Waals surface area contributed by atoms with Crippen LogP contribution < -0.4 is 9.47 Å². The van der Waals surface area contributed by atoms with E-state index < -0.39 is 32.6 Å². The highest BCUT2D eigenvalue weighted by molar-refractivity contribution is 7.95. The molecule has 1 aromatic carbocycles. The molecule has 21 heavy (non-hydrogen) atoms. The van der Waals surface area contributed by atoms with Crippen LogP contribution in [0.15, 0.2) is 39.6 Å². The van der Waals surface area contributed by atoms with Crippen molar-refractivity contribution in [1.29, 1.82) is 0 Å². The van der Waals surface area contributed by atoms with Crippen LogP contribution in [0.2, 0.25) is 0 Å². The molecule has 1 N–H and O–H groups in total. The van der Waals surface area contributed by atoms with Gasteiger partial charge in [0.15, 0.2) is 10.6 Å². The molecule has 0 aliphatic carbocycles. The molecule has 1 heterocycles. The number of carboxylic acid groups (broad SMARTS) is 1. The van der Waals surface area contributed by atoms with E-state index in [0.29, 0.717) is 11.8 Å². The van der Waals surface area contributed by atoms with Gasteiger partial charge in [0, 0.05) is 12.1 Å². The number of carbonyl (C=O) groups excluding carboxylic acids is 1. The number of hydrogen-bond acceptors (Lipinski definition) is 6. The average Bonchev–Trinajstić information content (AvgIpc) is 2.75. The molecule has 9 heteroatoms. The van der Waals surface area contributed by atoms with Crippen molar-refractivity contribution in [3.8, 4) is 11.5 Å². The van der Waals surface area contributed by atoms with Gasteiger partial charge in [0.05, 0.1) is 7.11 Å². The van der Waals surface area contributed by atoms with Gasteiger partial charge in [-0.25, -0.2) is 9.59 Å². The van der Waals surface area contributed by atoms with Gasteiger partial charge in [-0.3, -0.25) is 0 Å². The summed E-state index contributed by atoms with van der Waals surface area (Å²) in [6.45, 7) is 0. The molecule has 110 valence electrons. The van der Waals surface area contributed by atoms with Crippen LogP contribution in [0.5, 0.6) is 11.5 Å². The lowest BCUT2D eigenvalue weighted by atomic mass is 10.3. The van der Waals surface area contributed by atoms with Gasteiger partial charge >= 0.3 is 11.9 Å². The van der Waals surface area contributed by atoms with E-state index >= 15 is 0 Å². The Hall–Kier alpha value is -2.68. The van der Waals surface area contributed by atoms with E-state index in [-0.39, 0.29) is 5.75 Å². The highest BCUT2D eigenvalue weighted by atomic mass is 32.2. The van der Waals surface area contributed by atoms with Crippen LogP contribution in [-0.4, -0.2) is 38.3 Å². The van der Waals surface area contributed by atoms with Crippen LogP contribution in [0.25, 0.3) is 0 Å². The Kier molecular flexibility index (Phi) is 3.76. The fourth-order valence-corrected chi connectivity index (χ4v) is 2.49. The number of carboxylic acids is 1. The number of hydrogen-bond donors (Lipinski definition) is 1. The fraction of sp³-hybridized carbons (Fsp3) is 0.0833. The van der Waals surface area contributed by atoms with E-state index in [1.54, 1.807) is 6.07 Å². The first-order valence-corrected chi connectivity index (χ1v) is 6.93. The van der Waals surface area contributed by atoms with E-state index in [9.17, 15) is 18.0 Å². The molecule has 0 saturated heterocycles. The lowest BCUT2D eigenvalue weighted by Crippen LogP contribution is -2.15. The monoisotopic (exact) mass is 311 g/mol. The molecule has 1 aliphatic rings. The van der Waals surface area contributed by atoms with Crippen LogP contribution in [-0.2, 0) is 19.6 Å². The first-order valence-electron chi connectivity index (χ1n) is 5.49. The number of benzene rings is 1. The lowest BCUT2D eigenvalue weighted by molar-refractivity contribution is -0.130. The minimum Gasteiger partial charge on any atom is -0.497 e. The van der Waals surface area contributed by atoms with Gasteiger partial charge in [-0.15, -0.1) is 0 Å². The molecule has 0 radical (unpaired) electrons. The Morgan fingerprint density at radius 3 is 2.48 bits per heavy atom. The van der Waals surface area contributed by atoms with Crippen LogP contribution >= 0.6 is 0 Å². The van der Waals surface area contributed by atoms with E-state index in [1.165, 1.54) is 25.3 Å². The summed E-state index contributed by atoms with van der Waals surface area (Å²) in [5.74, 6) is -2.31. The Bertz CT molecular complexity index is 777. The summed E-state index contributed by atoms with van der Waals surface area (Å²) < 4.78 is 35.9. The quantitative estimate of drug-likeness (QED) is 0.629. The maximum Gasteiger partial charge on any atom is 0.357 e. The number of esters is 1. The van der Waals surface area contributed by atoms with Crippen molar-refractivity contribution in [1.82, 2.24) is 0 Å². The second kappa shape index (κ2) is 5.37. The van der Waals surface area contributed by atoms with Gasteiger partial charge < -0.3 is 14.6 Å². The molecule has 0 atom stereocenters. The van der Waals surface area contributed by atoms with Crippen molar-refractivity contribution in [2.24, 2.45) is 4.40 Å². The van der Waals surface area contributed by atoms with Crippen molar-refractivity contribution < 1.29 is 32.6 Å². The zero-order chi connectivity index (χ0) is 15.6. The molecule has 0 bridgehead atoms. The number of ether oxygens (including phenoxy) is 2. The van der Waals surface area contributed by atoms with Crippen molar-refractivity contribution in [2.45, 2.75) is 0 Å². The lowest BCUT2D eigenvalue weighted by Gasteiger charge is -2.05. The third-order valence-corrected chi connectivity index (χ3v) is 3.71. The van der Waals surface area contributed by atoms with Crippen molar-refractivity contribution in [3.05, 3.63) is 35.2 Å². The number of rotatable bonds is 4. The van der Waals surface area contributed by atoms with E-state index in [0.717, 1.165) is 0 Å². The standard InChI is InChI=1S/C12H9NO7S/c1-19-7-3-2-4-8(5-7)20-12(16)10-6-9(11(14)15)13-21(10,17)18/h2-6H,1H3,(H,14,15). The SMILES string of the molecule is COc1cccc(OC(=O)C2=CC(C(=O)O)=NS2(=O)=O)c1. The molecular formula is C12H9NO7S. The third kappa shape index (κ3) is 3.08. The number of aliphatic carboxylic acids is 1. The summed E-state index contributed by atoms with van der Waals surface area (Å²) >= 11 is 0. The van der Waals surface area contributed by atoms with Gasteiger partial charge in [-0.1, -0.05) is 6.07 Å². The fourth-order valence-electron chi connectivity index (χ4n) is 1.49. The highest BCUT2D eigenvalue weighted by Crippen LogP contribution is 2.23. The molecular weight excluding hydrogens is 302 g/mol. The van der Waals surface area contributed by atoms with Gasteiger partial charge in [-0.05, 0) is 12.1 Å². The normalized spacial score (nSPS) is 15.9. The number of sulfonamides is 1. The Morgan fingerprint density at radius 2 is 1.90 bits per heavy atom. The second-order valence-electron chi connectivity index (χ2n) is 3.83. The number of methoxy groups -OCH3 is 1. The second-order valence-corrected chi connectivity index (χ2v) is 5.41. The molecule has 8 nitrogen and oxygen atoms in total. The molecule has 0 unspecified atom stereocenters. The smallest absolute Gasteiger partial charge is 0.357 e. The molecule has 0 aromatic heterocycles. The average molecular weight is 311 g/mol. The maximum atomic E-state index is 11.8. The summed E-state index contributed by atoms with van der Waals surface area (Å²) in [6, 6.07) is 5.94. The van der Waals surface area contributed by atoms with Gasteiger partial charge in [0.25, 0.3) is 10.0 Å². The first kappa shape index (κ1) is 14.7. The third-order valence-electron chi connectivity index (χ3n) is 2.44. The molecule has 0 fully saturated rings. The minimum absolute atomic E-state index is 0.0548. The van der Waals surface area contributed by atoms with E-state index in [1.807, 2.05) is 0 Å². The number of carbonyl (C=O) groups is 2. The zero-order valence-electron chi connectivity index (χ0n) is 10.6. The van der Waals surface area contributed by atoms with E-state index in [2.05, 4.69) is 4.40 Å². The summed E-state index contributed by atoms with van der Waals surface area (Å²) in [5.41, 5.74) is -0.743. The van der Waals surface area contributed by atoms with Gasteiger partial charge in [0.1, 0.15) is 11.5 Å². The van der Waals surface area contributed by atoms with Crippen LogP contribution in [0.3, 0.4) is 0 Å². The van der Waals surface area contributed by atoms with E-state index in [4.69, 9.17) is 14.6 Å². The highest BCUT2D eigenvalue weighted by Gasteiger charge is 2.34. The summed E-state index contributed by atoms with van der Waals surface area (Å²) in [6.07, 6.45) is 0.653. The van der Waals surface area contributed by atoms with Gasteiger partial charge in [0.2, 0.25) is 0 Å². The summed E-state index contributed by atoms with van der Waals surface area (Å²) in [4.78, 5) is 21.7. The van der Waals surface area contributed by atoms with Crippen molar-refractivity contribution in [2.75, 3.05) is 7.11 Å². The largest absolute Gasteiger partial charge is 0.497 e.